The smallest absolute Gasteiger partial charge is 0.336 e. The molecule has 0 spiro atoms. The molecule has 3 aromatic heterocycles. The summed E-state index contributed by atoms with van der Waals surface area (Å²) in [4.78, 5) is 42.1. The van der Waals surface area contributed by atoms with E-state index in [1.54, 1.807) is 25.1 Å². The van der Waals surface area contributed by atoms with Gasteiger partial charge in [-0.05, 0) is 41.6 Å². The lowest BCUT2D eigenvalue weighted by Crippen LogP contribution is -2.22. The van der Waals surface area contributed by atoms with Gasteiger partial charge in [0, 0.05) is 23.6 Å². The molecule has 0 saturated heterocycles. The molecule has 3 heterocycles. The molecule has 0 aliphatic heterocycles. The molecular weight excluding hydrogens is 440 g/mol. The highest BCUT2D eigenvalue weighted by Gasteiger charge is 2.16. The number of thiophene rings is 1. The Morgan fingerprint density at radius 3 is 2.73 bits per heavy atom. The van der Waals surface area contributed by atoms with Crippen molar-refractivity contribution in [1.29, 1.82) is 0 Å². The third kappa shape index (κ3) is 3.96. The van der Waals surface area contributed by atoms with Gasteiger partial charge >= 0.3 is 11.6 Å². The summed E-state index contributed by atoms with van der Waals surface area (Å²) < 4.78 is 12.4. The Hall–Kier alpha value is -4.04. The Kier molecular flexibility index (Phi) is 5.35. The van der Waals surface area contributed by atoms with Crippen LogP contribution in [-0.4, -0.2) is 15.5 Å². The third-order valence-electron chi connectivity index (χ3n) is 5.43. The Labute approximate surface area is 191 Å². The number of nitrogens with zero attached hydrogens (tertiary/aromatic N) is 2. The van der Waals surface area contributed by atoms with E-state index in [4.69, 9.17) is 9.15 Å². The molecule has 5 rings (SSSR count). The number of fused-ring (bicyclic) bond motifs is 2. The maximum atomic E-state index is 12.5. The third-order valence-corrected chi connectivity index (χ3v) is 6.25. The molecule has 0 radical (unpaired) electrons. The minimum absolute atomic E-state index is 0.0112. The number of hydrogen-bond acceptors (Lipinski definition) is 7. The van der Waals surface area contributed by atoms with Crippen LogP contribution < -0.4 is 15.9 Å². The summed E-state index contributed by atoms with van der Waals surface area (Å²) in [6.45, 7) is 1.89. The Bertz CT molecular complexity index is 1620. The molecule has 0 bridgehead atoms. The van der Waals surface area contributed by atoms with Crippen LogP contribution in [0.2, 0.25) is 0 Å². The number of benzene rings is 2. The van der Waals surface area contributed by atoms with Gasteiger partial charge < -0.3 is 9.15 Å². The molecule has 8 heteroatoms. The van der Waals surface area contributed by atoms with E-state index in [2.05, 4.69) is 4.98 Å². The second-order valence-electron chi connectivity index (χ2n) is 7.52. The number of ether oxygens (including phenoxy) is 1. The predicted molar refractivity (Wildman–Crippen MR) is 127 cm³/mol. The van der Waals surface area contributed by atoms with Gasteiger partial charge in [0.05, 0.1) is 18.1 Å². The summed E-state index contributed by atoms with van der Waals surface area (Å²) in [5.41, 5.74) is 1.89. The Morgan fingerprint density at radius 1 is 1.09 bits per heavy atom. The van der Waals surface area contributed by atoms with Gasteiger partial charge in [-0.2, -0.15) is 0 Å². The molecular formula is C25H18N2O5S. The highest BCUT2D eigenvalue weighted by atomic mass is 32.1. The number of carbonyl (C=O) groups is 1. The molecule has 0 unspecified atom stereocenters. The van der Waals surface area contributed by atoms with Crippen molar-refractivity contribution in [3.63, 3.8) is 0 Å². The number of rotatable bonds is 5. The average molecular weight is 458 g/mol. The van der Waals surface area contributed by atoms with Crippen molar-refractivity contribution in [2.45, 2.75) is 19.9 Å². The quantitative estimate of drug-likeness (QED) is 0.218. The fraction of sp³-hybridized carbons (Fsp3) is 0.120. The lowest BCUT2D eigenvalue weighted by atomic mass is 10.0. The van der Waals surface area contributed by atoms with Gasteiger partial charge in [0.15, 0.2) is 0 Å². The van der Waals surface area contributed by atoms with E-state index >= 15 is 0 Å². The average Bonchev–Trinajstić information content (AvgIpc) is 3.31. The van der Waals surface area contributed by atoms with Gasteiger partial charge in [0.25, 0.3) is 5.56 Å². The predicted octanol–water partition coefficient (Wildman–Crippen LogP) is 4.54. The number of carbonyl (C=O) groups excluding carboxylic acids is 1. The highest BCUT2D eigenvalue weighted by molar-refractivity contribution is 7.16. The first kappa shape index (κ1) is 20.8. The van der Waals surface area contributed by atoms with E-state index in [1.807, 2.05) is 35.7 Å². The molecule has 33 heavy (non-hydrogen) atoms. The fourth-order valence-electron chi connectivity index (χ4n) is 3.75. The number of aromatic nitrogens is 2. The van der Waals surface area contributed by atoms with E-state index < -0.39 is 11.6 Å². The summed E-state index contributed by atoms with van der Waals surface area (Å²) in [7, 11) is 0. The van der Waals surface area contributed by atoms with Crippen molar-refractivity contribution < 1.29 is 13.9 Å². The molecule has 0 amide bonds. The molecule has 0 atom stereocenters. The fourth-order valence-corrected chi connectivity index (χ4v) is 4.47. The van der Waals surface area contributed by atoms with Crippen LogP contribution in [0.15, 0.2) is 80.3 Å². The lowest BCUT2D eigenvalue weighted by molar-refractivity contribution is -0.134. The zero-order valence-corrected chi connectivity index (χ0v) is 18.4. The first-order valence-electron chi connectivity index (χ1n) is 10.3. The Morgan fingerprint density at radius 2 is 1.91 bits per heavy atom. The van der Waals surface area contributed by atoms with Crippen LogP contribution in [0.25, 0.3) is 32.3 Å². The van der Waals surface area contributed by atoms with E-state index in [-0.39, 0.29) is 18.5 Å². The van der Waals surface area contributed by atoms with E-state index in [0.717, 1.165) is 16.5 Å². The van der Waals surface area contributed by atoms with Crippen molar-refractivity contribution in [3.05, 3.63) is 92.6 Å². The molecule has 164 valence electrons. The van der Waals surface area contributed by atoms with Crippen LogP contribution in [0.1, 0.15) is 12.0 Å². The standard InChI is InChI=1S/C25H18N2O5S/c1-15-20(31-21(28)9-11-27-14-26-24-18(25(27)30)10-12-33-24)8-7-17-19(13-22(29)32-23(15)17)16-5-3-2-4-6-16/h2-8,10,12-14H,9,11H2,1H3. The number of aryl methyl sites for hydroxylation is 2. The number of esters is 1. The van der Waals surface area contributed by atoms with Crippen LogP contribution in [0.3, 0.4) is 0 Å². The van der Waals surface area contributed by atoms with E-state index in [1.165, 1.54) is 28.3 Å². The Balaban J connectivity index is 1.40. The van der Waals surface area contributed by atoms with Crippen molar-refractivity contribution in [2.24, 2.45) is 0 Å². The minimum Gasteiger partial charge on any atom is -0.426 e. The van der Waals surface area contributed by atoms with E-state index in [0.29, 0.717) is 27.1 Å². The van der Waals surface area contributed by atoms with E-state index in [9.17, 15) is 14.4 Å². The largest absolute Gasteiger partial charge is 0.426 e. The molecule has 0 N–H and O–H groups in total. The summed E-state index contributed by atoms with van der Waals surface area (Å²) in [5, 5.41) is 3.09. The first-order valence-corrected chi connectivity index (χ1v) is 11.2. The second kappa shape index (κ2) is 8.48. The molecule has 0 aliphatic rings. The van der Waals surface area contributed by atoms with Crippen LogP contribution >= 0.6 is 11.3 Å². The van der Waals surface area contributed by atoms with Crippen LogP contribution in [-0.2, 0) is 11.3 Å². The normalized spacial score (nSPS) is 11.2. The molecule has 5 aromatic rings. The highest BCUT2D eigenvalue weighted by Crippen LogP contribution is 2.33. The van der Waals surface area contributed by atoms with Crippen LogP contribution in [0.5, 0.6) is 5.75 Å². The molecule has 0 saturated carbocycles. The molecule has 2 aromatic carbocycles. The van der Waals surface area contributed by atoms with Gasteiger partial charge in [0.1, 0.15) is 16.2 Å². The van der Waals surface area contributed by atoms with Crippen molar-refractivity contribution in [1.82, 2.24) is 9.55 Å². The maximum absolute atomic E-state index is 12.5. The second-order valence-corrected chi connectivity index (χ2v) is 8.41. The van der Waals surface area contributed by atoms with Gasteiger partial charge in [-0.1, -0.05) is 30.3 Å². The van der Waals surface area contributed by atoms with Crippen LogP contribution in [0.4, 0.5) is 0 Å². The number of hydrogen-bond donors (Lipinski definition) is 0. The summed E-state index contributed by atoms with van der Waals surface area (Å²) in [6.07, 6.45) is 1.43. The van der Waals surface area contributed by atoms with Gasteiger partial charge in [-0.25, -0.2) is 9.78 Å². The first-order chi connectivity index (χ1) is 16.0. The molecule has 7 nitrogen and oxygen atoms in total. The van der Waals surface area contributed by atoms with Crippen molar-refractivity contribution in [2.75, 3.05) is 0 Å². The molecule has 0 fully saturated rings. The lowest BCUT2D eigenvalue weighted by Gasteiger charge is -2.12. The zero-order chi connectivity index (χ0) is 22.9. The maximum Gasteiger partial charge on any atom is 0.336 e. The van der Waals surface area contributed by atoms with Crippen LogP contribution in [0, 0.1) is 6.92 Å². The van der Waals surface area contributed by atoms with Crippen molar-refractivity contribution in [3.8, 4) is 16.9 Å². The molecule has 0 aliphatic carbocycles. The summed E-state index contributed by atoms with van der Waals surface area (Å²) >= 11 is 1.39. The van der Waals surface area contributed by atoms with Gasteiger partial charge in [0.2, 0.25) is 0 Å². The van der Waals surface area contributed by atoms with Gasteiger partial charge in [-0.15, -0.1) is 11.3 Å². The SMILES string of the molecule is Cc1c(OC(=O)CCn2cnc3sccc3c2=O)ccc2c(-c3ccccc3)cc(=O)oc12. The summed E-state index contributed by atoms with van der Waals surface area (Å²) in [6, 6.07) is 16.2. The van der Waals surface area contributed by atoms with Crippen molar-refractivity contribution >= 4 is 38.5 Å². The van der Waals surface area contributed by atoms with Gasteiger partial charge in [-0.3, -0.25) is 14.2 Å². The topological polar surface area (TPSA) is 91.4 Å². The monoisotopic (exact) mass is 458 g/mol. The zero-order valence-electron chi connectivity index (χ0n) is 17.6. The minimum atomic E-state index is -0.503. The summed E-state index contributed by atoms with van der Waals surface area (Å²) in [5.74, 6) is -0.198.